The maximum absolute atomic E-state index is 13.6. The predicted octanol–water partition coefficient (Wildman–Crippen LogP) is 7.28. The highest BCUT2D eigenvalue weighted by Gasteiger charge is 2.49. The number of nitrogens with one attached hydrogen (secondary N) is 2. The van der Waals surface area contributed by atoms with Gasteiger partial charge in [0.05, 0.1) is 28.4 Å². The van der Waals surface area contributed by atoms with Crippen LogP contribution in [0.25, 0.3) is 10.9 Å². The van der Waals surface area contributed by atoms with Gasteiger partial charge in [0, 0.05) is 41.8 Å². The molecular formula is C45H47F3N8O5. The summed E-state index contributed by atoms with van der Waals surface area (Å²) in [5.74, 6) is -1.32. The second-order valence-corrected chi connectivity index (χ2v) is 18.4. The van der Waals surface area contributed by atoms with E-state index in [2.05, 4.69) is 36.4 Å². The predicted molar refractivity (Wildman–Crippen MR) is 218 cm³/mol. The molecule has 0 radical (unpaired) electrons. The maximum Gasteiger partial charge on any atom is 0.433 e. The van der Waals surface area contributed by atoms with Crippen molar-refractivity contribution >= 4 is 51.8 Å². The van der Waals surface area contributed by atoms with Gasteiger partial charge in [0.1, 0.15) is 23.0 Å². The van der Waals surface area contributed by atoms with Gasteiger partial charge in [0.15, 0.2) is 0 Å². The Labute approximate surface area is 350 Å². The number of alkyl halides is 3. The number of rotatable bonds is 7. The zero-order chi connectivity index (χ0) is 42.4. The third kappa shape index (κ3) is 7.15. The van der Waals surface area contributed by atoms with E-state index in [4.69, 9.17) is 9.84 Å². The van der Waals surface area contributed by atoms with Crippen LogP contribution in [-0.4, -0.2) is 85.8 Å². The maximum atomic E-state index is 13.6. The summed E-state index contributed by atoms with van der Waals surface area (Å²) in [5.41, 5.74) is 1.94. The molecule has 6 aliphatic rings. The van der Waals surface area contributed by atoms with Gasteiger partial charge < -0.3 is 15.0 Å². The highest BCUT2D eigenvalue weighted by molar-refractivity contribution is 6.25. The molecule has 4 aromatic rings. The van der Waals surface area contributed by atoms with Crippen molar-refractivity contribution in [2.24, 2.45) is 16.3 Å². The molecule has 4 aliphatic heterocycles. The molecule has 4 amide bonds. The minimum Gasteiger partial charge on any atom is -0.465 e. The molecule has 2 N–H and O–H groups in total. The third-order valence-electron chi connectivity index (χ3n) is 13.9. The number of halogens is 3. The van der Waals surface area contributed by atoms with Crippen LogP contribution in [-0.2, 0) is 26.1 Å². The topological polar surface area (TPSA) is 151 Å². The van der Waals surface area contributed by atoms with Gasteiger partial charge in [-0.25, -0.2) is 9.98 Å². The van der Waals surface area contributed by atoms with E-state index in [1.165, 1.54) is 12.1 Å². The Bertz CT molecular complexity index is 2510. The zero-order valence-electron chi connectivity index (χ0n) is 34.1. The Kier molecular flexibility index (Phi) is 9.38. The van der Waals surface area contributed by atoms with Crippen LogP contribution in [0.15, 0.2) is 59.7 Å². The second-order valence-electron chi connectivity index (χ2n) is 18.4. The standard InChI is InChI=1S/C45H47F3N8O5/c1-43(2)30-20-33-26(19-34(30)51-40(61-43)32-7-4-8-36(50-32)45(46,47)48)24-55(53-33)28-11-9-25(10-12-28)23-54-17-15-44(16-18-54)21-27(22-44)49-31-6-3-5-29-38(31)42(60)56(41(29)59)35-13-14-37(57)52-39(35)58/h3-8,19-20,24-25,27-28,35,49H,9-18,21-23H2,1-2H3,(H,52,57,58)/t25-,28-,35?. The Morgan fingerprint density at radius 1 is 0.934 bits per heavy atom. The summed E-state index contributed by atoms with van der Waals surface area (Å²) in [6.45, 7) is 6.95. The van der Waals surface area contributed by atoms with E-state index < -0.39 is 47.1 Å². The first kappa shape index (κ1) is 39.5. The molecule has 318 valence electrons. The number of fused-ring (bicyclic) bond motifs is 3. The van der Waals surface area contributed by atoms with E-state index in [0.29, 0.717) is 22.9 Å². The molecule has 1 spiro atoms. The molecule has 2 aromatic heterocycles. The SMILES string of the molecule is CC1(C)OC(c2cccc(C(F)(F)F)n2)=Nc2cc3cn([C@H]4CC[C@H](CN5CCC6(CC5)CC(Nc5cccc7c5C(=O)N(C5CCC(=O)NC5=O)C7=O)C6)CC4)nc3cc21. The van der Waals surface area contributed by atoms with Crippen molar-refractivity contribution in [2.45, 2.75) is 108 Å². The van der Waals surface area contributed by atoms with Gasteiger partial charge in [0.25, 0.3) is 11.8 Å². The van der Waals surface area contributed by atoms with E-state index in [1.54, 1.807) is 12.1 Å². The van der Waals surface area contributed by atoms with E-state index in [1.807, 2.05) is 32.0 Å². The van der Waals surface area contributed by atoms with Crippen molar-refractivity contribution in [3.8, 4) is 0 Å². The fourth-order valence-electron chi connectivity index (χ4n) is 10.6. The van der Waals surface area contributed by atoms with Gasteiger partial charge in [-0.3, -0.25) is 34.1 Å². The fourth-order valence-corrected chi connectivity index (χ4v) is 10.6. The van der Waals surface area contributed by atoms with Crippen molar-refractivity contribution in [3.63, 3.8) is 0 Å². The number of benzene rings is 2. The molecule has 1 atom stereocenters. The summed E-state index contributed by atoms with van der Waals surface area (Å²) in [4.78, 5) is 63.1. The molecule has 13 nitrogen and oxygen atoms in total. The van der Waals surface area contributed by atoms with Crippen LogP contribution in [0.1, 0.15) is 122 Å². The molecular weight excluding hydrogens is 790 g/mol. The van der Waals surface area contributed by atoms with Crippen molar-refractivity contribution in [2.75, 3.05) is 25.0 Å². The van der Waals surface area contributed by atoms with Gasteiger partial charge in [0.2, 0.25) is 17.7 Å². The number of imide groups is 2. The van der Waals surface area contributed by atoms with Crippen LogP contribution in [0, 0.1) is 11.3 Å². The lowest BCUT2D eigenvalue weighted by atomic mass is 9.60. The summed E-state index contributed by atoms with van der Waals surface area (Å²) in [6, 6.07) is 12.3. The molecule has 2 aromatic carbocycles. The molecule has 1 unspecified atom stereocenters. The van der Waals surface area contributed by atoms with E-state index in [-0.39, 0.29) is 47.5 Å². The van der Waals surface area contributed by atoms with Crippen LogP contribution in [0.4, 0.5) is 24.5 Å². The van der Waals surface area contributed by atoms with Gasteiger partial charge in [-0.1, -0.05) is 12.1 Å². The summed E-state index contributed by atoms with van der Waals surface area (Å²) >= 11 is 0. The molecule has 0 bridgehead atoms. The highest BCUT2D eigenvalue weighted by atomic mass is 19.4. The molecule has 10 rings (SSSR count). The van der Waals surface area contributed by atoms with Crippen LogP contribution in [0.3, 0.4) is 0 Å². The lowest BCUT2D eigenvalue weighted by Gasteiger charge is -2.53. The van der Waals surface area contributed by atoms with E-state index >= 15 is 0 Å². The number of hydrogen-bond donors (Lipinski definition) is 2. The Morgan fingerprint density at radius 2 is 1.69 bits per heavy atom. The van der Waals surface area contributed by atoms with Gasteiger partial charge >= 0.3 is 6.18 Å². The summed E-state index contributed by atoms with van der Waals surface area (Å²) in [5, 5.41) is 11.7. The first-order chi connectivity index (χ1) is 29.1. The third-order valence-corrected chi connectivity index (χ3v) is 13.9. The molecule has 2 aliphatic carbocycles. The fraction of sp³-hybridized carbons (Fsp3) is 0.489. The minimum absolute atomic E-state index is 0.0321. The number of likely N-dealkylation sites (tertiary alicyclic amines) is 1. The van der Waals surface area contributed by atoms with Crippen LogP contribution >= 0.6 is 0 Å². The van der Waals surface area contributed by atoms with Crippen molar-refractivity contribution in [1.82, 2.24) is 29.9 Å². The number of carbonyl (C=O) groups is 4. The molecule has 2 saturated heterocycles. The normalized spacial score (nSPS) is 25.2. The number of amides is 4. The van der Waals surface area contributed by atoms with Crippen LogP contribution in [0.2, 0.25) is 0 Å². The Balaban J connectivity index is 0.720. The largest absolute Gasteiger partial charge is 0.465 e. The van der Waals surface area contributed by atoms with Crippen LogP contribution in [0.5, 0.6) is 0 Å². The summed E-state index contributed by atoms with van der Waals surface area (Å²) < 4.78 is 48.4. The number of hydrogen-bond acceptors (Lipinski definition) is 10. The van der Waals surface area contributed by atoms with E-state index in [9.17, 15) is 32.3 Å². The lowest BCUT2D eigenvalue weighted by molar-refractivity contribution is -0.141. The Morgan fingerprint density at radius 3 is 2.43 bits per heavy atom. The number of ether oxygens (including phenoxy) is 1. The summed E-state index contributed by atoms with van der Waals surface area (Å²) in [7, 11) is 0. The second kappa shape index (κ2) is 14.5. The molecule has 2 saturated carbocycles. The zero-order valence-corrected chi connectivity index (χ0v) is 34.1. The Hall–Kier alpha value is -5.64. The minimum atomic E-state index is -4.58. The molecule has 6 heterocycles. The quantitative estimate of drug-likeness (QED) is 0.183. The average molecular weight is 837 g/mol. The van der Waals surface area contributed by atoms with Gasteiger partial charge in [-0.05, 0) is 132 Å². The number of aromatic nitrogens is 3. The van der Waals surface area contributed by atoms with Crippen molar-refractivity contribution in [1.29, 1.82) is 0 Å². The van der Waals surface area contributed by atoms with Gasteiger partial charge in [-0.15, -0.1) is 0 Å². The lowest BCUT2D eigenvalue weighted by Crippen LogP contribution is -2.54. The molecule has 16 heteroatoms. The van der Waals surface area contributed by atoms with Crippen LogP contribution < -0.4 is 10.6 Å². The molecule has 61 heavy (non-hydrogen) atoms. The molecule has 4 fully saturated rings. The van der Waals surface area contributed by atoms with Crippen molar-refractivity contribution < 1.29 is 37.1 Å². The number of anilines is 1. The number of carbonyl (C=O) groups excluding carboxylic acids is 4. The number of aliphatic imine (C=N–C) groups is 1. The first-order valence-electron chi connectivity index (χ1n) is 21.3. The number of nitrogens with zero attached hydrogens (tertiary/aromatic N) is 6. The smallest absolute Gasteiger partial charge is 0.433 e. The summed E-state index contributed by atoms with van der Waals surface area (Å²) in [6.07, 6.45) is 6.25. The first-order valence-corrected chi connectivity index (χ1v) is 21.3. The number of piperidine rings is 2. The number of pyridine rings is 1. The monoisotopic (exact) mass is 836 g/mol. The van der Waals surface area contributed by atoms with Gasteiger partial charge in [-0.2, -0.15) is 18.3 Å². The van der Waals surface area contributed by atoms with E-state index in [0.717, 1.165) is 98.4 Å². The average Bonchev–Trinajstić information content (AvgIpc) is 3.75. The van der Waals surface area contributed by atoms with Crippen molar-refractivity contribution in [3.05, 3.63) is 82.8 Å². The highest BCUT2D eigenvalue weighted by Crippen LogP contribution is 2.51.